The van der Waals surface area contributed by atoms with E-state index in [1.807, 2.05) is 24.5 Å². The van der Waals surface area contributed by atoms with E-state index in [1.54, 1.807) is 0 Å². The third kappa shape index (κ3) is 3.39. The zero-order chi connectivity index (χ0) is 17.2. The minimum absolute atomic E-state index is 0.768. The normalized spacial score (nSPS) is 14.9. The van der Waals surface area contributed by atoms with E-state index >= 15 is 0 Å². The van der Waals surface area contributed by atoms with E-state index < -0.39 is 0 Å². The molecule has 0 saturated carbocycles. The molecule has 3 aromatic rings. The highest BCUT2D eigenvalue weighted by Gasteiger charge is 2.19. The lowest BCUT2D eigenvalue weighted by Crippen LogP contribution is -2.26. The molecule has 0 atom stereocenters. The molecule has 0 bridgehead atoms. The molecule has 4 rings (SSSR count). The van der Waals surface area contributed by atoms with Crippen LogP contribution in [0.3, 0.4) is 0 Å². The van der Waals surface area contributed by atoms with Gasteiger partial charge in [0.15, 0.2) is 0 Å². The molecular weight excluding hydrogens is 330 g/mol. The van der Waals surface area contributed by atoms with Crippen molar-refractivity contribution >= 4 is 23.0 Å². The van der Waals surface area contributed by atoms with Crippen molar-refractivity contribution < 1.29 is 0 Å². The first-order valence-electron chi connectivity index (χ1n) is 8.46. The second kappa shape index (κ2) is 6.87. The molecule has 1 aliphatic rings. The summed E-state index contributed by atoms with van der Waals surface area (Å²) >= 11 is 6.06. The van der Waals surface area contributed by atoms with Gasteiger partial charge in [0.05, 0.1) is 0 Å². The van der Waals surface area contributed by atoms with Crippen LogP contribution in [0.4, 0.5) is 11.4 Å². The monoisotopic (exact) mass is 349 g/mol. The first-order valence-corrected chi connectivity index (χ1v) is 8.83. The van der Waals surface area contributed by atoms with Gasteiger partial charge in [-0.15, -0.1) is 0 Å². The van der Waals surface area contributed by atoms with Gasteiger partial charge in [0.25, 0.3) is 0 Å². The number of benzene rings is 2. The highest BCUT2D eigenvalue weighted by Crippen LogP contribution is 2.34. The molecule has 4 heteroatoms. The Labute approximate surface area is 153 Å². The molecule has 0 spiro atoms. The SMILES string of the molecule is CN1CCN(c2ccc(Cl)cc2)c2ccc(-c3ccncc3)cc2C1. The van der Waals surface area contributed by atoms with Gasteiger partial charge in [0, 0.05) is 48.4 Å². The van der Waals surface area contributed by atoms with Crippen LogP contribution in [-0.4, -0.2) is 30.0 Å². The minimum atomic E-state index is 0.768. The summed E-state index contributed by atoms with van der Waals surface area (Å²) < 4.78 is 0. The number of fused-ring (bicyclic) bond motifs is 1. The molecule has 2 heterocycles. The van der Waals surface area contributed by atoms with Crippen LogP contribution in [0.1, 0.15) is 5.56 Å². The van der Waals surface area contributed by atoms with E-state index in [2.05, 4.69) is 64.3 Å². The van der Waals surface area contributed by atoms with Crippen LogP contribution in [0.5, 0.6) is 0 Å². The van der Waals surface area contributed by atoms with Crippen LogP contribution in [0.25, 0.3) is 11.1 Å². The predicted molar refractivity (Wildman–Crippen MR) is 104 cm³/mol. The Bertz CT molecular complexity index is 862. The van der Waals surface area contributed by atoms with E-state index in [9.17, 15) is 0 Å². The summed E-state index contributed by atoms with van der Waals surface area (Å²) in [5.74, 6) is 0. The number of halogens is 1. The summed E-state index contributed by atoms with van der Waals surface area (Å²) in [6, 6.07) is 18.9. The van der Waals surface area contributed by atoms with Gasteiger partial charge in [-0.25, -0.2) is 0 Å². The lowest BCUT2D eigenvalue weighted by atomic mass is 10.0. The van der Waals surface area contributed by atoms with E-state index in [0.29, 0.717) is 0 Å². The van der Waals surface area contributed by atoms with Crippen molar-refractivity contribution in [1.29, 1.82) is 0 Å². The Balaban J connectivity index is 1.78. The summed E-state index contributed by atoms with van der Waals surface area (Å²) in [5, 5.41) is 0.768. The highest BCUT2D eigenvalue weighted by molar-refractivity contribution is 6.30. The number of aromatic nitrogens is 1. The van der Waals surface area contributed by atoms with Gasteiger partial charge in [-0.1, -0.05) is 17.7 Å². The summed E-state index contributed by atoms with van der Waals surface area (Å²) in [6.45, 7) is 2.92. The molecule has 0 saturated heterocycles. The largest absolute Gasteiger partial charge is 0.340 e. The maximum Gasteiger partial charge on any atom is 0.0457 e. The lowest BCUT2D eigenvalue weighted by molar-refractivity contribution is 0.343. The molecule has 1 aliphatic heterocycles. The molecule has 126 valence electrons. The van der Waals surface area contributed by atoms with E-state index in [1.165, 1.54) is 28.1 Å². The van der Waals surface area contributed by atoms with Gasteiger partial charge in [-0.2, -0.15) is 0 Å². The van der Waals surface area contributed by atoms with Gasteiger partial charge >= 0.3 is 0 Å². The second-order valence-corrected chi connectivity index (χ2v) is 6.88. The lowest BCUT2D eigenvalue weighted by Gasteiger charge is -2.25. The molecule has 0 radical (unpaired) electrons. The predicted octanol–water partition coefficient (Wildman–Crippen LogP) is 4.99. The topological polar surface area (TPSA) is 19.4 Å². The Morgan fingerprint density at radius 1 is 0.880 bits per heavy atom. The number of pyridine rings is 1. The van der Waals surface area contributed by atoms with E-state index in [4.69, 9.17) is 11.6 Å². The van der Waals surface area contributed by atoms with Crippen LogP contribution >= 0.6 is 11.6 Å². The molecule has 2 aromatic carbocycles. The van der Waals surface area contributed by atoms with Crippen molar-refractivity contribution in [2.45, 2.75) is 6.54 Å². The fourth-order valence-corrected chi connectivity index (χ4v) is 3.48. The van der Waals surface area contributed by atoms with Crippen molar-refractivity contribution in [3.8, 4) is 11.1 Å². The molecule has 0 fully saturated rings. The Kier molecular flexibility index (Phi) is 4.43. The number of rotatable bonds is 2. The summed E-state index contributed by atoms with van der Waals surface area (Å²) in [4.78, 5) is 8.86. The van der Waals surface area contributed by atoms with Gasteiger partial charge in [-0.05, 0) is 72.3 Å². The first-order chi connectivity index (χ1) is 12.2. The van der Waals surface area contributed by atoms with Crippen LogP contribution in [0.2, 0.25) is 5.02 Å². The highest BCUT2D eigenvalue weighted by atomic mass is 35.5. The Morgan fingerprint density at radius 2 is 1.64 bits per heavy atom. The zero-order valence-electron chi connectivity index (χ0n) is 14.2. The number of hydrogen-bond acceptors (Lipinski definition) is 3. The Morgan fingerprint density at radius 3 is 2.40 bits per heavy atom. The molecule has 25 heavy (non-hydrogen) atoms. The molecule has 0 N–H and O–H groups in total. The van der Waals surface area contributed by atoms with Crippen LogP contribution in [0, 0.1) is 0 Å². The van der Waals surface area contributed by atoms with Crippen LogP contribution < -0.4 is 4.90 Å². The number of likely N-dealkylation sites (N-methyl/N-ethyl adjacent to an activating group) is 1. The molecule has 0 amide bonds. The molecule has 3 nitrogen and oxygen atoms in total. The number of nitrogens with zero attached hydrogens (tertiary/aromatic N) is 3. The average Bonchev–Trinajstić information content (AvgIpc) is 2.81. The molecule has 0 unspecified atom stereocenters. The van der Waals surface area contributed by atoms with Gasteiger partial charge < -0.3 is 9.80 Å². The maximum atomic E-state index is 6.06. The average molecular weight is 350 g/mol. The first kappa shape index (κ1) is 16.1. The second-order valence-electron chi connectivity index (χ2n) is 6.45. The smallest absolute Gasteiger partial charge is 0.0457 e. The van der Waals surface area contributed by atoms with E-state index in [-0.39, 0.29) is 0 Å². The quantitative estimate of drug-likeness (QED) is 0.650. The fraction of sp³-hybridized carbons (Fsp3) is 0.190. The van der Waals surface area contributed by atoms with Gasteiger partial charge in [0.1, 0.15) is 0 Å². The van der Waals surface area contributed by atoms with Gasteiger partial charge in [0.2, 0.25) is 0 Å². The molecular formula is C21H20ClN3. The number of anilines is 2. The third-order valence-electron chi connectivity index (χ3n) is 4.67. The molecule has 0 aliphatic carbocycles. The van der Waals surface area contributed by atoms with Crippen molar-refractivity contribution in [1.82, 2.24) is 9.88 Å². The Hall–Kier alpha value is -2.36. The van der Waals surface area contributed by atoms with Crippen molar-refractivity contribution in [3.05, 3.63) is 77.6 Å². The standard InChI is InChI=1S/C21H20ClN3/c1-24-12-13-25(20-5-3-19(22)4-6-20)21-7-2-17(14-18(21)15-24)16-8-10-23-11-9-16/h2-11,14H,12-13,15H2,1H3. The van der Waals surface area contributed by atoms with Crippen LogP contribution in [0.15, 0.2) is 67.0 Å². The minimum Gasteiger partial charge on any atom is -0.340 e. The maximum absolute atomic E-state index is 6.06. The number of hydrogen-bond donors (Lipinski definition) is 0. The van der Waals surface area contributed by atoms with Crippen molar-refractivity contribution in [2.75, 3.05) is 25.0 Å². The third-order valence-corrected chi connectivity index (χ3v) is 4.92. The summed E-state index contributed by atoms with van der Waals surface area (Å²) in [7, 11) is 2.17. The van der Waals surface area contributed by atoms with Crippen molar-refractivity contribution in [3.63, 3.8) is 0 Å². The van der Waals surface area contributed by atoms with Crippen molar-refractivity contribution in [2.24, 2.45) is 0 Å². The molecule has 1 aromatic heterocycles. The summed E-state index contributed by atoms with van der Waals surface area (Å²) in [6.07, 6.45) is 3.68. The zero-order valence-corrected chi connectivity index (χ0v) is 14.9. The van der Waals surface area contributed by atoms with Crippen LogP contribution in [-0.2, 0) is 6.54 Å². The summed E-state index contributed by atoms with van der Waals surface area (Å²) in [5.41, 5.74) is 6.21. The van der Waals surface area contributed by atoms with Gasteiger partial charge in [-0.3, -0.25) is 4.98 Å². The fourth-order valence-electron chi connectivity index (χ4n) is 3.35. The van der Waals surface area contributed by atoms with E-state index in [0.717, 1.165) is 24.7 Å².